The summed E-state index contributed by atoms with van der Waals surface area (Å²) in [5.41, 5.74) is 2.47. The van der Waals surface area contributed by atoms with E-state index in [9.17, 15) is 0 Å². The van der Waals surface area contributed by atoms with Crippen molar-refractivity contribution in [2.45, 2.75) is 6.42 Å². The van der Waals surface area contributed by atoms with Crippen LogP contribution in [-0.2, 0) is 11.2 Å². The molecular weight excluding hydrogens is 148 g/mol. The van der Waals surface area contributed by atoms with Gasteiger partial charge in [0, 0.05) is 7.11 Å². The first-order valence-corrected chi connectivity index (χ1v) is 4.07. The average Bonchev–Trinajstić information content (AvgIpc) is 2.15. The Hall–Kier alpha value is -1.08. The van der Waals surface area contributed by atoms with Crippen molar-refractivity contribution in [1.29, 1.82) is 0 Å². The molecule has 0 N–H and O–H groups in total. The van der Waals surface area contributed by atoms with Gasteiger partial charge in [0.15, 0.2) is 0 Å². The Kier molecular flexibility index (Phi) is 3.55. The zero-order chi connectivity index (χ0) is 8.81. The monoisotopic (exact) mass is 162 g/mol. The predicted molar refractivity (Wildman–Crippen MR) is 52.1 cm³/mol. The topological polar surface area (TPSA) is 9.23 Å². The molecule has 0 aromatic heterocycles. The van der Waals surface area contributed by atoms with Crippen LogP contribution in [-0.4, -0.2) is 13.7 Å². The van der Waals surface area contributed by atoms with E-state index < -0.39 is 0 Å². The van der Waals surface area contributed by atoms with Crippen LogP contribution in [0.15, 0.2) is 30.8 Å². The van der Waals surface area contributed by atoms with Crippen LogP contribution in [0.3, 0.4) is 0 Å². The first-order chi connectivity index (χ1) is 5.86. The maximum atomic E-state index is 4.98. The Balaban J connectivity index is 2.58. The lowest BCUT2D eigenvalue weighted by Gasteiger charge is -2.00. The second-order valence-electron chi connectivity index (χ2n) is 2.69. The third-order valence-electron chi connectivity index (χ3n) is 1.81. The summed E-state index contributed by atoms with van der Waals surface area (Å²) in [5, 5.41) is 0. The highest BCUT2D eigenvalue weighted by Crippen LogP contribution is 2.05. The molecule has 0 bridgehead atoms. The number of methoxy groups -OCH3 is 1. The lowest BCUT2D eigenvalue weighted by molar-refractivity contribution is 0.202. The largest absolute Gasteiger partial charge is 0.384 e. The van der Waals surface area contributed by atoms with Gasteiger partial charge in [-0.1, -0.05) is 36.9 Å². The first-order valence-electron chi connectivity index (χ1n) is 4.07. The summed E-state index contributed by atoms with van der Waals surface area (Å²) in [6.45, 7) is 4.48. The van der Waals surface area contributed by atoms with Crippen molar-refractivity contribution in [3.63, 3.8) is 0 Å². The van der Waals surface area contributed by atoms with Crippen molar-refractivity contribution in [1.82, 2.24) is 0 Å². The van der Waals surface area contributed by atoms with Crippen molar-refractivity contribution >= 4 is 6.08 Å². The SMILES string of the molecule is C=Cc1ccc(CCOC)cc1. The highest BCUT2D eigenvalue weighted by Gasteiger charge is 1.91. The predicted octanol–water partition coefficient (Wildman–Crippen LogP) is 2.52. The van der Waals surface area contributed by atoms with Crippen LogP contribution < -0.4 is 0 Å². The molecule has 1 aromatic carbocycles. The second kappa shape index (κ2) is 4.73. The van der Waals surface area contributed by atoms with Crippen LogP contribution in [0.5, 0.6) is 0 Å². The van der Waals surface area contributed by atoms with Gasteiger partial charge in [-0.15, -0.1) is 0 Å². The molecule has 1 rings (SSSR count). The van der Waals surface area contributed by atoms with Gasteiger partial charge in [0.2, 0.25) is 0 Å². The molecule has 0 aliphatic heterocycles. The van der Waals surface area contributed by atoms with Gasteiger partial charge in [-0.05, 0) is 17.5 Å². The van der Waals surface area contributed by atoms with Gasteiger partial charge in [0.25, 0.3) is 0 Å². The van der Waals surface area contributed by atoms with Crippen LogP contribution in [0.1, 0.15) is 11.1 Å². The van der Waals surface area contributed by atoms with E-state index in [1.54, 1.807) is 7.11 Å². The van der Waals surface area contributed by atoms with Crippen molar-refractivity contribution < 1.29 is 4.74 Å². The molecule has 0 aliphatic rings. The lowest BCUT2D eigenvalue weighted by Crippen LogP contribution is -1.93. The lowest BCUT2D eigenvalue weighted by atomic mass is 10.1. The summed E-state index contributed by atoms with van der Waals surface area (Å²) >= 11 is 0. The van der Waals surface area contributed by atoms with Gasteiger partial charge in [-0.2, -0.15) is 0 Å². The smallest absolute Gasteiger partial charge is 0.0502 e. The second-order valence-corrected chi connectivity index (χ2v) is 2.69. The van der Waals surface area contributed by atoms with E-state index in [1.807, 2.05) is 6.08 Å². The van der Waals surface area contributed by atoms with E-state index in [-0.39, 0.29) is 0 Å². The van der Waals surface area contributed by atoms with Gasteiger partial charge >= 0.3 is 0 Å². The zero-order valence-electron chi connectivity index (χ0n) is 7.42. The van der Waals surface area contributed by atoms with Crippen LogP contribution >= 0.6 is 0 Å². The minimum absolute atomic E-state index is 0.785. The highest BCUT2D eigenvalue weighted by molar-refractivity contribution is 5.47. The van der Waals surface area contributed by atoms with Gasteiger partial charge in [-0.3, -0.25) is 0 Å². The van der Waals surface area contributed by atoms with Gasteiger partial charge in [0.1, 0.15) is 0 Å². The molecule has 0 aliphatic carbocycles. The Morgan fingerprint density at radius 1 is 1.33 bits per heavy atom. The molecule has 0 heterocycles. The third kappa shape index (κ3) is 2.51. The molecule has 64 valence electrons. The van der Waals surface area contributed by atoms with E-state index >= 15 is 0 Å². The molecule has 12 heavy (non-hydrogen) atoms. The summed E-state index contributed by atoms with van der Waals surface area (Å²) in [6.07, 6.45) is 2.83. The minimum Gasteiger partial charge on any atom is -0.384 e. The van der Waals surface area contributed by atoms with E-state index in [2.05, 4.69) is 30.8 Å². The number of hydrogen-bond donors (Lipinski definition) is 0. The fourth-order valence-electron chi connectivity index (χ4n) is 1.04. The molecule has 0 amide bonds. The van der Waals surface area contributed by atoms with E-state index in [4.69, 9.17) is 4.74 Å². The Morgan fingerprint density at radius 3 is 2.50 bits per heavy atom. The molecule has 1 aromatic rings. The summed E-state index contributed by atoms with van der Waals surface area (Å²) < 4.78 is 4.98. The molecule has 0 spiro atoms. The normalized spacial score (nSPS) is 9.75. The van der Waals surface area contributed by atoms with Crippen molar-refractivity contribution in [3.8, 4) is 0 Å². The Morgan fingerprint density at radius 2 is 2.00 bits per heavy atom. The Bertz CT molecular complexity index is 236. The van der Waals surface area contributed by atoms with E-state index in [0.29, 0.717) is 0 Å². The van der Waals surface area contributed by atoms with Crippen LogP contribution in [0.25, 0.3) is 6.08 Å². The highest BCUT2D eigenvalue weighted by atomic mass is 16.5. The average molecular weight is 162 g/mol. The molecule has 0 radical (unpaired) electrons. The van der Waals surface area contributed by atoms with Gasteiger partial charge in [-0.25, -0.2) is 0 Å². The van der Waals surface area contributed by atoms with Crippen LogP contribution in [0.4, 0.5) is 0 Å². The number of benzene rings is 1. The molecule has 1 nitrogen and oxygen atoms in total. The number of ether oxygens (including phenoxy) is 1. The zero-order valence-corrected chi connectivity index (χ0v) is 7.42. The molecule has 0 fully saturated rings. The maximum Gasteiger partial charge on any atom is 0.0502 e. The Labute approximate surface area is 73.7 Å². The van der Waals surface area contributed by atoms with Gasteiger partial charge < -0.3 is 4.74 Å². The quantitative estimate of drug-likeness (QED) is 0.661. The summed E-state index contributed by atoms with van der Waals surface area (Å²) in [4.78, 5) is 0. The molecule has 0 saturated carbocycles. The van der Waals surface area contributed by atoms with Crippen molar-refractivity contribution in [2.24, 2.45) is 0 Å². The number of rotatable bonds is 4. The first kappa shape index (κ1) is 9.01. The third-order valence-corrected chi connectivity index (χ3v) is 1.81. The summed E-state index contributed by atoms with van der Waals surface area (Å²) in [7, 11) is 1.72. The van der Waals surface area contributed by atoms with Crippen molar-refractivity contribution in [2.75, 3.05) is 13.7 Å². The van der Waals surface area contributed by atoms with E-state index in [1.165, 1.54) is 5.56 Å². The standard InChI is InChI=1S/C11H14O/c1-3-10-4-6-11(7-5-10)8-9-12-2/h3-7H,1,8-9H2,2H3. The summed E-state index contributed by atoms with van der Waals surface area (Å²) in [6, 6.07) is 8.35. The van der Waals surface area contributed by atoms with Crippen LogP contribution in [0, 0.1) is 0 Å². The fraction of sp³-hybridized carbons (Fsp3) is 0.273. The van der Waals surface area contributed by atoms with Crippen molar-refractivity contribution in [3.05, 3.63) is 42.0 Å². The number of hydrogen-bond acceptors (Lipinski definition) is 1. The molecular formula is C11H14O. The fourth-order valence-corrected chi connectivity index (χ4v) is 1.04. The van der Waals surface area contributed by atoms with Gasteiger partial charge in [0.05, 0.1) is 6.61 Å². The molecule has 0 saturated heterocycles. The minimum atomic E-state index is 0.785. The molecule has 0 atom stereocenters. The van der Waals surface area contributed by atoms with Crippen LogP contribution in [0.2, 0.25) is 0 Å². The molecule has 1 heteroatoms. The maximum absolute atomic E-state index is 4.98. The summed E-state index contributed by atoms with van der Waals surface area (Å²) in [5.74, 6) is 0. The van der Waals surface area contributed by atoms with E-state index in [0.717, 1.165) is 18.6 Å². The molecule has 0 unspecified atom stereocenters.